The van der Waals surface area contributed by atoms with Crippen molar-refractivity contribution in [3.05, 3.63) is 41.0 Å². The second-order valence-corrected chi connectivity index (χ2v) is 3.24. The van der Waals surface area contributed by atoms with E-state index in [4.69, 9.17) is 0 Å². The Bertz CT molecular complexity index is 324. The Morgan fingerprint density at radius 3 is 2.42 bits per heavy atom. The van der Waals surface area contributed by atoms with E-state index in [1.807, 2.05) is 0 Å². The maximum atomic E-state index is 2.22. The van der Waals surface area contributed by atoms with Gasteiger partial charge in [0.25, 0.3) is 0 Å². The molecule has 0 fully saturated rings. The molecule has 0 amide bonds. The van der Waals surface area contributed by atoms with Crippen LogP contribution in [0.25, 0.3) is 5.57 Å². The summed E-state index contributed by atoms with van der Waals surface area (Å²) in [7, 11) is 0. The molecule has 2 rings (SSSR count). The minimum Gasteiger partial charge on any atom is -0.0654 e. The van der Waals surface area contributed by atoms with Crippen molar-refractivity contribution in [3.8, 4) is 0 Å². The number of hydrogen-bond acceptors (Lipinski definition) is 0. The van der Waals surface area contributed by atoms with Crippen LogP contribution in [0.15, 0.2) is 29.8 Å². The van der Waals surface area contributed by atoms with Gasteiger partial charge in [0.2, 0.25) is 0 Å². The number of hydrogen-bond donors (Lipinski definition) is 0. The molecule has 1 aromatic rings. The van der Waals surface area contributed by atoms with Gasteiger partial charge >= 0.3 is 0 Å². The van der Waals surface area contributed by atoms with Crippen molar-refractivity contribution in [1.29, 1.82) is 0 Å². The third-order valence-electron chi connectivity index (χ3n) is 2.52. The summed E-state index contributed by atoms with van der Waals surface area (Å²) in [5.41, 5.74) is 5.93. The van der Waals surface area contributed by atoms with Gasteiger partial charge in [0.05, 0.1) is 0 Å². The molecule has 1 heteroatoms. The van der Waals surface area contributed by atoms with Crippen molar-refractivity contribution in [2.24, 2.45) is 0 Å². The average Bonchev–Trinajstić information content (AvgIpc) is 2.30. The second-order valence-electron chi connectivity index (χ2n) is 3.24. The molecular formula is C11H12Zr. The molecule has 1 aromatic carbocycles. The van der Waals surface area contributed by atoms with Gasteiger partial charge in [-0.1, -0.05) is 29.8 Å². The third-order valence-corrected chi connectivity index (χ3v) is 2.52. The monoisotopic (exact) mass is 234 g/mol. The maximum absolute atomic E-state index is 2.22. The van der Waals surface area contributed by atoms with Crippen molar-refractivity contribution in [1.82, 2.24) is 0 Å². The molecule has 0 bridgehead atoms. The summed E-state index contributed by atoms with van der Waals surface area (Å²) in [6.45, 7) is 4.43. The van der Waals surface area contributed by atoms with Gasteiger partial charge in [-0.2, -0.15) is 0 Å². The standard InChI is InChI=1S/C11H12.Zr/c1-8-7-10-5-3-4-6-11(10)9(8)2;/h3-6H,7H2,1-2H3;. The molecule has 60 valence electrons. The van der Waals surface area contributed by atoms with Crippen LogP contribution in [-0.2, 0) is 32.6 Å². The molecule has 1 aliphatic carbocycles. The quantitative estimate of drug-likeness (QED) is 0.648. The molecule has 0 saturated carbocycles. The molecule has 0 atom stereocenters. The molecule has 0 aliphatic heterocycles. The smallest absolute Gasteiger partial charge is 0 e. The molecule has 0 spiro atoms. The van der Waals surface area contributed by atoms with Crippen molar-refractivity contribution >= 4 is 5.57 Å². The van der Waals surface area contributed by atoms with E-state index in [0.717, 1.165) is 6.42 Å². The van der Waals surface area contributed by atoms with Crippen LogP contribution < -0.4 is 0 Å². The molecule has 0 saturated heterocycles. The first-order chi connectivity index (χ1) is 5.29. The summed E-state index contributed by atoms with van der Waals surface area (Å²) < 4.78 is 0. The first-order valence-corrected chi connectivity index (χ1v) is 4.03. The molecular weight excluding hydrogens is 223 g/mol. The fourth-order valence-electron chi connectivity index (χ4n) is 1.69. The van der Waals surface area contributed by atoms with E-state index in [9.17, 15) is 0 Å². The van der Waals surface area contributed by atoms with Crippen LogP contribution in [0.1, 0.15) is 25.0 Å². The summed E-state index contributed by atoms with van der Waals surface area (Å²) in [5, 5.41) is 0. The maximum Gasteiger partial charge on any atom is 0 e. The van der Waals surface area contributed by atoms with Gasteiger partial charge in [-0.3, -0.25) is 0 Å². The Balaban J connectivity index is 0.000000720. The van der Waals surface area contributed by atoms with Crippen LogP contribution in [0.3, 0.4) is 0 Å². The minimum absolute atomic E-state index is 0. The summed E-state index contributed by atoms with van der Waals surface area (Å²) >= 11 is 0. The zero-order valence-electron chi connectivity index (χ0n) is 7.52. The molecule has 12 heavy (non-hydrogen) atoms. The Morgan fingerprint density at radius 1 is 1.08 bits per heavy atom. The summed E-state index contributed by atoms with van der Waals surface area (Å²) in [6, 6.07) is 8.65. The predicted octanol–water partition coefficient (Wildman–Crippen LogP) is 3.03. The summed E-state index contributed by atoms with van der Waals surface area (Å²) in [6.07, 6.45) is 1.15. The van der Waals surface area contributed by atoms with Crippen molar-refractivity contribution < 1.29 is 26.2 Å². The minimum atomic E-state index is 0. The van der Waals surface area contributed by atoms with Crippen LogP contribution in [0, 0.1) is 0 Å². The summed E-state index contributed by atoms with van der Waals surface area (Å²) in [4.78, 5) is 0. The van der Waals surface area contributed by atoms with Crippen LogP contribution in [0.5, 0.6) is 0 Å². The number of allylic oxidation sites excluding steroid dienone is 2. The zero-order chi connectivity index (χ0) is 7.84. The van der Waals surface area contributed by atoms with Gasteiger partial charge in [0, 0.05) is 26.2 Å². The van der Waals surface area contributed by atoms with Crippen LogP contribution in [-0.4, -0.2) is 0 Å². The van der Waals surface area contributed by atoms with Crippen LogP contribution in [0.4, 0.5) is 0 Å². The largest absolute Gasteiger partial charge is 0.0654 e. The first-order valence-electron chi connectivity index (χ1n) is 4.03. The van der Waals surface area contributed by atoms with Crippen LogP contribution in [0.2, 0.25) is 0 Å². The molecule has 1 aliphatic rings. The van der Waals surface area contributed by atoms with Crippen molar-refractivity contribution in [2.45, 2.75) is 20.3 Å². The van der Waals surface area contributed by atoms with E-state index in [0.29, 0.717) is 0 Å². The summed E-state index contributed by atoms with van der Waals surface area (Å²) in [5.74, 6) is 0. The van der Waals surface area contributed by atoms with E-state index in [-0.39, 0.29) is 26.2 Å². The molecule has 0 N–H and O–H groups in total. The van der Waals surface area contributed by atoms with E-state index >= 15 is 0 Å². The van der Waals surface area contributed by atoms with Gasteiger partial charge in [-0.15, -0.1) is 0 Å². The van der Waals surface area contributed by atoms with E-state index in [1.165, 1.54) is 22.3 Å². The predicted molar refractivity (Wildman–Crippen MR) is 48.4 cm³/mol. The molecule has 0 nitrogen and oxygen atoms in total. The Kier molecular flexibility index (Phi) is 3.06. The van der Waals surface area contributed by atoms with Gasteiger partial charge in [-0.25, -0.2) is 0 Å². The van der Waals surface area contributed by atoms with E-state index in [2.05, 4.69) is 38.1 Å². The number of benzene rings is 1. The Morgan fingerprint density at radius 2 is 1.75 bits per heavy atom. The average molecular weight is 235 g/mol. The van der Waals surface area contributed by atoms with E-state index in [1.54, 1.807) is 0 Å². The van der Waals surface area contributed by atoms with Crippen LogP contribution >= 0.6 is 0 Å². The Labute approximate surface area is 92.8 Å². The normalized spacial score (nSPS) is 14.2. The fraction of sp³-hybridized carbons (Fsp3) is 0.273. The van der Waals surface area contributed by atoms with Crippen molar-refractivity contribution in [2.75, 3.05) is 0 Å². The topological polar surface area (TPSA) is 0 Å². The number of fused-ring (bicyclic) bond motifs is 1. The molecule has 0 radical (unpaired) electrons. The van der Waals surface area contributed by atoms with Gasteiger partial charge in [0.15, 0.2) is 0 Å². The molecule has 0 heterocycles. The zero-order valence-corrected chi connectivity index (χ0v) is 9.97. The Hall–Kier alpha value is -0.157. The SMILES string of the molecule is CC1=C(C)c2ccccc2C1.[Zr]. The fourth-order valence-corrected chi connectivity index (χ4v) is 1.69. The third kappa shape index (κ3) is 1.48. The van der Waals surface area contributed by atoms with Gasteiger partial charge in [0.1, 0.15) is 0 Å². The second kappa shape index (κ2) is 3.70. The van der Waals surface area contributed by atoms with E-state index < -0.39 is 0 Å². The first kappa shape index (κ1) is 9.93. The molecule has 0 unspecified atom stereocenters. The number of rotatable bonds is 0. The van der Waals surface area contributed by atoms with Crippen molar-refractivity contribution in [3.63, 3.8) is 0 Å². The van der Waals surface area contributed by atoms with Gasteiger partial charge in [-0.05, 0) is 37.0 Å². The van der Waals surface area contributed by atoms with Gasteiger partial charge < -0.3 is 0 Å². The molecule has 0 aromatic heterocycles.